The zero-order chi connectivity index (χ0) is 12.1. The number of pyridine rings is 1. The summed E-state index contributed by atoms with van der Waals surface area (Å²) in [5.41, 5.74) is 1.14. The quantitative estimate of drug-likeness (QED) is 0.865. The van der Waals surface area contributed by atoms with Crippen LogP contribution in [0.3, 0.4) is 0 Å². The molecule has 3 nitrogen and oxygen atoms in total. The number of nitrogens with one attached hydrogen (secondary N) is 1. The van der Waals surface area contributed by atoms with E-state index in [1.807, 2.05) is 0 Å². The Morgan fingerprint density at radius 2 is 2.35 bits per heavy atom. The molecule has 1 N–H and O–H groups in total. The first-order chi connectivity index (χ1) is 8.29. The Morgan fingerprint density at radius 1 is 1.47 bits per heavy atom. The van der Waals surface area contributed by atoms with Crippen molar-refractivity contribution < 1.29 is 0 Å². The maximum Gasteiger partial charge on any atom is 0.128 e. The number of anilines is 1. The Kier molecular flexibility index (Phi) is 4.37. The standard InChI is InChI=1S/C14H23N3/c1-3-15-10-13-7-4-8-14(16-13)17-9-5-6-12(2)11-17/h4,7-8,12,15H,3,5-6,9-11H2,1-2H3. The summed E-state index contributed by atoms with van der Waals surface area (Å²) >= 11 is 0. The Hall–Kier alpha value is -1.09. The molecule has 1 unspecified atom stereocenters. The van der Waals surface area contributed by atoms with Crippen LogP contribution >= 0.6 is 0 Å². The van der Waals surface area contributed by atoms with Crippen molar-refractivity contribution in [1.29, 1.82) is 0 Å². The number of hydrogen-bond acceptors (Lipinski definition) is 3. The smallest absolute Gasteiger partial charge is 0.128 e. The number of nitrogens with zero attached hydrogens (tertiary/aromatic N) is 2. The summed E-state index contributed by atoms with van der Waals surface area (Å²) in [5.74, 6) is 1.94. The lowest BCUT2D eigenvalue weighted by molar-refractivity contribution is 0.444. The zero-order valence-electron chi connectivity index (χ0n) is 10.9. The van der Waals surface area contributed by atoms with Crippen LogP contribution in [0, 0.1) is 5.92 Å². The van der Waals surface area contributed by atoms with Crippen LogP contribution in [0.2, 0.25) is 0 Å². The van der Waals surface area contributed by atoms with Gasteiger partial charge in [0.15, 0.2) is 0 Å². The third-order valence-electron chi connectivity index (χ3n) is 3.33. The molecule has 0 amide bonds. The molecule has 0 radical (unpaired) electrons. The normalized spacial score (nSPS) is 20.6. The van der Waals surface area contributed by atoms with E-state index in [2.05, 4.69) is 42.3 Å². The van der Waals surface area contributed by atoms with Crippen molar-refractivity contribution in [2.45, 2.75) is 33.2 Å². The predicted octanol–water partition coefficient (Wildman–Crippen LogP) is 2.43. The van der Waals surface area contributed by atoms with Gasteiger partial charge in [-0.1, -0.05) is 19.9 Å². The summed E-state index contributed by atoms with van der Waals surface area (Å²) < 4.78 is 0. The maximum atomic E-state index is 4.73. The van der Waals surface area contributed by atoms with E-state index in [4.69, 9.17) is 4.98 Å². The number of rotatable bonds is 4. The highest BCUT2D eigenvalue weighted by molar-refractivity contribution is 5.39. The SMILES string of the molecule is CCNCc1cccc(N2CCCC(C)C2)n1. The minimum absolute atomic E-state index is 0.794. The zero-order valence-corrected chi connectivity index (χ0v) is 10.9. The molecule has 1 aromatic rings. The van der Waals surface area contributed by atoms with Crippen LogP contribution in [0.5, 0.6) is 0 Å². The fourth-order valence-electron chi connectivity index (χ4n) is 2.39. The summed E-state index contributed by atoms with van der Waals surface area (Å²) in [6.45, 7) is 8.62. The molecule has 1 fully saturated rings. The van der Waals surface area contributed by atoms with Crippen molar-refractivity contribution in [3.05, 3.63) is 23.9 Å². The lowest BCUT2D eigenvalue weighted by Gasteiger charge is -2.32. The number of hydrogen-bond donors (Lipinski definition) is 1. The minimum atomic E-state index is 0.794. The maximum absolute atomic E-state index is 4.73. The Balaban J connectivity index is 2.04. The first-order valence-electron chi connectivity index (χ1n) is 6.71. The van der Waals surface area contributed by atoms with Gasteiger partial charge in [-0.25, -0.2) is 4.98 Å². The van der Waals surface area contributed by atoms with E-state index in [1.165, 1.54) is 12.8 Å². The summed E-state index contributed by atoms with van der Waals surface area (Å²) in [5, 5.41) is 3.32. The van der Waals surface area contributed by atoms with Gasteiger partial charge in [-0.3, -0.25) is 0 Å². The molecular formula is C14H23N3. The van der Waals surface area contributed by atoms with Gasteiger partial charge in [0.1, 0.15) is 5.82 Å². The molecule has 94 valence electrons. The second-order valence-electron chi connectivity index (χ2n) is 4.96. The van der Waals surface area contributed by atoms with Crippen molar-refractivity contribution in [2.75, 3.05) is 24.5 Å². The molecule has 0 aromatic carbocycles. The van der Waals surface area contributed by atoms with Crippen molar-refractivity contribution in [1.82, 2.24) is 10.3 Å². The van der Waals surface area contributed by atoms with E-state index in [0.717, 1.165) is 43.6 Å². The fraction of sp³-hybridized carbons (Fsp3) is 0.643. The average Bonchev–Trinajstić information content (AvgIpc) is 2.37. The highest BCUT2D eigenvalue weighted by Crippen LogP contribution is 2.21. The van der Waals surface area contributed by atoms with Gasteiger partial charge >= 0.3 is 0 Å². The molecule has 0 bridgehead atoms. The molecule has 2 rings (SSSR count). The van der Waals surface area contributed by atoms with E-state index in [9.17, 15) is 0 Å². The van der Waals surface area contributed by atoms with Crippen molar-refractivity contribution >= 4 is 5.82 Å². The van der Waals surface area contributed by atoms with Crippen LogP contribution in [-0.2, 0) is 6.54 Å². The monoisotopic (exact) mass is 233 g/mol. The van der Waals surface area contributed by atoms with Gasteiger partial charge < -0.3 is 10.2 Å². The molecule has 0 saturated carbocycles. The van der Waals surface area contributed by atoms with Gasteiger partial charge in [-0.15, -0.1) is 0 Å². The van der Waals surface area contributed by atoms with Crippen LogP contribution in [0.4, 0.5) is 5.82 Å². The van der Waals surface area contributed by atoms with E-state index >= 15 is 0 Å². The van der Waals surface area contributed by atoms with Gasteiger partial charge in [0, 0.05) is 19.6 Å². The third kappa shape index (κ3) is 3.43. The highest BCUT2D eigenvalue weighted by atomic mass is 15.2. The van der Waals surface area contributed by atoms with Crippen molar-refractivity contribution in [3.63, 3.8) is 0 Å². The molecule has 1 saturated heterocycles. The largest absolute Gasteiger partial charge is 0.356 e. The summed E-state index contributed by atoms with van der Waals surface area (Å²) in [6, 6.07) is 6.35. The predicted molar refractivity (Wildman–Crippen MR) is 72.2 cm³/mol. The third-order valence-corrected chi connectivity index (χ3v) is 3.33. The van der Waals surface area contributed by atoms with Crippen LogP contribution in [-0.4, -0.2) is 24.6 Å². The number of aromatic nitrogens is 1. The summed E-state index contributed by atoms with van der Waals surface area (Å²) in [7, 11) is 0. The molecule has 0 spiro atoms. The first kappa shape index (κ1) is 12.4. The molecule has 1 aliphatic heterocycles. The Labute approximate surface area is 104 Å². The molecule has 3 heteroatoms. The Morgan fingerprint density at radius 3 is 3.12 bits per heavy atom. The van der Waals surface area contributed by atoms with Gasteiger partial charge in [-0.2, -0.15) is 0 Å². The van der Waals surface area contributed by atoms with E-state index < -0.39 is 0 Å². The van der Waals surface area contributed by atoms with Crippen molar-refractivity contribution in [3.8, 4) is 0 Å². The van der Waals surface area contributed by atoms with Crippen molar-refractivity contribution in [2.24, 2.45) is 5.92 Å². The van der Waals surface area contributed by atoms with Crippen LogP contribution in [0.25, 0.3) is 0 Å². The van der Waals surface area contributed by atoms with E-state index in [1.54, 1.807) is 0 Å². The first-order valence-corrected chi connectivity index (χ1v) is 6.71. The van der Waals surface area contributed by atoms with Crippen LogP contribution < -0.4 is 10.2 Å². The second kappa shape index (κ2) is 6.01. The molecule has 17 heavy (non-hydrogen) atoms. The lowest BCUT2D eigenvalue weighted by atomic mass is 10.0. The molecule has 2 heterocycles. The second-order valence-corrected chi connectivity index (χ2v) is 4.96. The minimum Gasteiger partial charge on any atom is -0.356 e. The fourth-order valence-corrected chi connectivity index (χ4v) is 2.39. The van der Waals surface area contributed by atoms with Crippen LogP contribution in [0.1, 0.15) is 32.4 Å². The molecular weight excluding hydrogens is 210 g/mol. The Bertz CT molecular complexity index is 351. The van der Waals surface area contributed by atoms with E-state index in [-0.39, 0.29) is 0 Å². The molecule has 1 aromatic heterocycles. The topological polar surface area (TPSA) is 28.2 Å². The molecule has 1 atom stereocenters. The lowest BCUT2D eigenvalue weighted by Crippen LogP contribution is -2.35. The van der Waals surface area contributed by atoms with Gasteiger partial charge in [-0.05, 0) is 37.4 Å². The summed E-state index contributed by atoms with van der Waals surface area (Å²) in [6.07, 6.45) is 2.65. The summed E-state index contributed by atoms with van der Waals surface area (Å²) in [4.78, 5) is 7.15. The van der Waals surface area contributed by atoms with E-state index in [0.29, 0.717) is 0 Å². The van der Waals surface area contributed by atoms with Gasteiger partial charge in [0.25, 0.3) is 0 Å². The number of piperidine rings is 1. The average molecular weight is 233 g/mol. The molecule has 0 aliphatic carbocycles. The van der Waals surface area contributed by atoms with Crippen LogP contribution in [0.15, 0.2) is 18.2 Å². The highest BCUT2D eigenvalue weighted by Gasteiger charge is 2.17. The van der Waals surface area contributed by atoms with Gasteiger partial charge in [0.2, 0.25) is 0 Å². The van der Waals surface area contributed by atoms with Gasteiger partial charge in [0.05, 0.1) is 5.69 Å². The molecule has 1 aliphatic rings.